The van der Waals surface area contributed by atoms with Gasteiger partial charge < -0.3 is 19.9 Å². The molecule has 1 fully saturated rings. The standard InChI is InChI=1S/C22H25N5O3/c1-14-4-8-16(9-5-14)23-22(28)24-17-12-19(27(2)13-17)21-25-20(26-30-21)15-6-10-18(29-3)11-7-15/h4-11,17,19H,12-13H2,1-3H3,(H2,23,24,28). The van der Waals surface area contributed by atoms with Gasteiger partial charge in [0.2, 0.25) is 11.7 Å². The molecule has 1 aromatic heterocycles. The van der Waals surface area contributed by atoms with Gasteiger partial charge in [-0.05, 0) is 56.8 Å². The van der Waals surface area contributed by atoms with Gasteiger partial charge >= 0.3 is 6.03 Å². The van der Waals surface area contributed by atoms with Crippen LogP contribution in [0, 0.1) is 6.92 Å². The highest BCUT2D eigenvalue weighted by molar-refractivity contribution is 5.89. The summed E-state index contributed by atoms with van der Waals surface area (Å²) >= 11 is 0. The number of aromatic nitrogens is 2. The summed E-state index contributed by atoms with van der Waals surface area (Å²) in [4.78, 5) is 19.0. The number of likely N-dealkylation sites (tertiary alicyclic amines) is 1. The van der Waals surface area contributed by atoms with E-state index in [-0.39, 0.29) is 18.1 Å². The molecule has 8 nitrogen and oxygen atoms in total. The molecular weight excluding hydrogens is 382 g/mol. The maximum atomic E-state index is 12.3. The van der Waals surface area contributed by atoms with Crippen LogP contribution in [0.15, 0.2) is 53.1 Å². The van der Waals surface area contributed by atoms with Gasteiger partial charge in [0.15, 0.2) is 0 Å². The summed E-state index contributed by atoms with van der Waals surface area (Å²) in [5, 5.41) is 10.0. The number of benzene rings is 2. The Balaban J connectivity index is 1.37. The number of nitrogens with one attached hydrogen (secondary N) is 2. The molecule has 1 aliphatic rings. The Hall–Kier alpha value is -3.39. The Bertz CT molecular complexity index is 1000. The van der Waals surface area contributed by atoms with Crippen molar-refractivity contribution in [3.63, 3.8) is 0 Å². The van der Waals surface area contributed by atoms with Crippen molar-refractivity contribution < 1.29 is 14.1 Å². The monoisotopic (exact) mass is 407 g/mol. The molecule has 0 bridgehead atoms. The molecule has 0 saturated carbocycles. The molecule has 1 aliphatic heterocycles. The number of aryl methyl sites for hydroxylation is 1. The first-order chi connectivity index (χ1) is 14.5. The average Bonchev–Trinajstić information content (AvgIpc) is 3.36. The molecule has 2 unspecified atom stereocenters. The van der Waals surface area contributed by atoms with E-state index in [1.165, 1.54) is 0 Å². The predicted molar refractivity (Wildman–Crippen MR) is 113 cm³/mol. The number of anilines is 1. The van der Waals surface area contributed by atoms with Crippen LogP contribution in [0.1, 0.15) is 23.9 Å². The molecule has 2 N–H and O–H groups in total. The summed E-state index contributed by atoms with van der Waals surface area (Å²) in [6.45, 7) is 2.71. The Morgan fingerprint density at radius 1 is 1.17 bits per heavy atom. The van der Waals surface area contributed by atoms with E-state index in [0.29, 0.717) is 24.7 Å². The van der Waals surface area contributed by atoms with Gasteiger partial charge in [-0.25, -0.2) is 4.79 Å². The van der Waals surface area contributed by atoms with E-state index in [0.717, 1.165) is 22.6 Å². The van der Waals surface area contributed by atoms with Crippen molar-refractivity contribution in [1.82, 2.24) is 20.4 Å². The fourth-order valence-electron chi connectivity index (χ4n) is 3.61. The molecule has 0 spiro atoms. The van der Waals surface area contributed by atoms with E-state index in [2.05, 4.69) is 25.7 Å². The lowest BCUT2D eigenvalue weighted by atomic mass is 10.1. The molecule has 2 atom stereocenters. The molecule has 2 aromatic carbocycles. The second-order valence-corrected chi connectivity index (χ2v) is 7.54. The highest BCUT2D eigenvalue weighted by atomic mass is 16.5. The van der Waals surface area contributed by atoms with Crippen molar-refractivity contribution in [3.8, 4) is 17.1 Å². The van der Waals surface area contributed by atoms with Gasteiger partial charge in [-0.1, -0.05) is 22.9 Å². The molecule has 2 amide bonds. The topological polar surface area (TPSA) is 92.5 Å². The van der Waals surface area contributed by atoms with E-state index < -0.39 is 0 Å². The number of hydrogen-bond donors (Lipinski definition) is 2. The molecule has 4 rings (SSSR count). The number of carbonyl (C=O) groups is 1. The van der Waals surface area contributed by atoms with Crippen LogP contribution in [-0.2, 0) is 0 Å². The van der Waals surface area contributed by atoms with Gasteiger partial charge in [0, 0.05) is 23.8 Å². The van der Waals surface area contributed by atoms with Crippen molar-refractivity contribution in [3.05, 3.63) is 60.0 Å². The number of hydrogen-bond acceptors (Lipinski definition) is 6. The van der Waals surface area contributed by atoms with Crippen molar-refractivity contribution in [2.75, 3.05) is 26.0 Å². The first-order valence-electron chi connectivity index (χ1n) is 9.84. The van der Waals surface area contributed by atoms with E-state index in [1.54, 1.807) is 7.11 Å². The molecule has 8 heteroatoms. The van der Waals surface area contributed by atoms with Crippen molar-refractivity contribution in [2.45, 2.75) is 25.4 Å². The number of carbonyl (C=O) groups excluding carboxylic acids is 1. The second kappa shape index (κ2) is 8.54. The Morgan fingerprint density at radius 2 is 1.90 bits per heavy atom. The van der Waals surface area contributed by atoms with Crippen molar-refractivity contribution in [1.29, 1.82) is 0 Å². The van der Waals surface area contributed by atoms with Gasteiger partial charge in [-0.3, -0.25) is 4.90 Å². The van der Waals surface area contributed by atoms with E-state index in [4.69, 9.17) is 9.26 Å². The van der Waals surface area contributed by atoms with Gasteiger partial charge in [0.25, 0.3) is 0 Å². The summed E-state index contributed by atoms with van der Waals surface area (Å²) in [5.74, 6) is 1.86. The van der Waals surface area contributed by atoms with Gasteiger partial charge in [-0.15, -0.1) is 0 Å². The normalized spacial score (nSPS) is 18.9. The highest BCUT2D eigenvalue weighted by Crippen LogP contribution is 2.31. The second-order valence-electron chi connectivity index (χ2n) is 7.54. The smallest absolute Gasteiger partial charge is 0.319 e. The maximum Gasteiger partial charge on any atom is 0.319 e. The summed E-state index contributed by atoms with van der Waals surface area (Å²) < 4.78 is 10.7. The molecular formula is C22H25N5O3. The lowest BCUT2D eigenvalue weighted by molar-refractivity contribution is 0.243. The summed E-state index contributed by atoms with van der Waals surface area (Å²) in [7, 11) is 3.62. The Morgan fingerprint density at radius 3 is 2.60 bits per heavy atom. The van der Waals surface area contributed by atoms with Crippen molar-refractivity contribution >= 4 is 11.7 Å². The van der Waals surface area contributed by atoms with Crippen LogP contribution in [0.3, 0.4) is 0 Å². The largest absolute Gasteiger partial charge is 0.497 e. The predicted octanol–water partition coefficient (Wildman–Crippen LogP) is 3.62. The van der Waals surface area contributed by atoms with Crippen LogP contribution in [0.5, 0.6) is 5.75 Å². The zero-order chi connectivity index (χ0) is 21.1. The number of nitrogens with zero attached hydrogens (tertiary/aromatic N) is 3. The quantitative estimate of drug-likeness (QED) is 0.671. The summed E-state index contributed by atoms with van der Waals surface area (Å²) in [6.07, 6.45) is 0.696. The molecule has 0 aliphatic carbocycles. The Labute approximate surface area is 175 Å². The fraction of sp³-hybridized carbons (Fsp3) is 0.318. The minimum Gasteiger partial charge on any atom is -0.497 e. The number of amides is 2. The summed E-state index contributed by atoms with van der Waals surface area (Å²) in [5.41, 5.74) is 2.77. The lowest BCUT2D eigenvalue weighted by Crippen LogP contribution is -2.39. The molecule has 1 saturated heterocycles. The third kappa shape index (κ3) is 4.44. The average molecular weight is 407 g/mol. The van der Waals surface area contributed by atoms with Crippen molar-refractivity contribution in [2.24, 2.45) is 0 Å². The zero-order valence-corrected chi connectivity index (χ0v) is 17.3. The highest BCUT2D eigenvalue weighted by Gasteiger charge is 2.35. The molecule has 2 heterocycles. The third-order valence-electron chi connectivity index (χ3n) is 5.27. The first kappa shape index (κ1) is 19.9. The van der Waals surface area contributed by atoms with Crippen LogP contribution in [0.2, 0.25) is 0 Å². The molecule has 156 valence electrons. The lowest BCUT2D eigenvalue weighted by Gasteiger charge is -2.14. The number of rotatable bonds is 5. The minimum absolute atomic E-state index is 0.0122. The first-order valence-corrected chi connectivity index (χ1v) is 9.84. The van der Waals surface area contributed by atoms with Crippen LogP contribution in [0.4, 0.5) is 10.5 Å². The number of likely N-dealkylation sites (N-methyl/N-ethyl adjacent to an activating group) is 1. The molecule has 30 heavy (non-hydrogen) atoms. The van der Waals surface area contributed by atoms with E-state index in [1.807, 2.05) is 62.5 Å². The summed E-state index contributed by atoms with van der Waals surface area (Å²) in [6, 6.07) is 14.9. The van der Waals surface area contributed by atoms with Crippen LogP contribution >= 0.6 is 0 Å². The van der Waals surface area contributed by atoms with E-state index in [9.17, 15) is 4.79 Å². The zero-order valence-electron chi connectivity index (χ0n) is 17.3. The molecule has 0 radical (unpaired) electrons. The minimum atomic E-state index is -0.220. The van der Waals surface area contributed by atoms with E-state index >= 15 is 0 Å². The number of ether oxygens (including phenoxy) is 1. The van der Waals surface area contributed by atoms with Gasteiger partial charge in [0.1, 0.15) is 5.75 Å². The number of urea groups is 1. The van der Waals surface area contributed by atoms with Crippen LogP contribution in [-0.4, -0.2) is 47.8 Å². The van der Waals surface area contributed by atoms with Gasteiger partial charge in [0.05, 0.1) is 13.2 Å². The third-order valence-corrected chi connectivity index (χ3v) is 5.27. The molecule has 3 aromatic rings. The SMILES string of the molecule is COc1ccc(-c2noc(C3CC(NC(=O)Nc4ccc(C)cc4)CN3C)n2)cc1. The number of methoxy groups -OCH3 is 1. The Kier molecular flexibility index (Phi) is 5.67. The fourth-order valence-corrected chi connectivity index (χ4v) is 3.61. The van der Waals surface area contributed by atoms with Gasteiger partial charge in [-0.2, -0.15) is 4.98 Å². The van der Waals surface area contributed by atoms with Crippen LogP contribution in [0.25, 0.3) is 11.4 Å². The maximum absolute atomic E-state index is 12.3. The van der Waals surface area contributed by atoms with Crippen LogP contribution < -0.4 is 15.4 Å².